The van der Waals surface area contributed by atoms with Crippen molar-refractivity contribution < 1.29 is 9.15 Å². The van der Waals surface area contributed by atoms with Crippen molar-refractivity contribution in [2.45, 2.75) is 39.7 Å². The molecule has 3 aromatic carbocycles. The van der Waals surface area contributed by atoms with Gasteiger partial charge in [0, 0.05) is 29.9 Å². The zero-order valence-electron chi connectivity index (χ0n) is 19.3. The molecule has 1 aromatic heterocycles. The Morgan fingerprint density at radius 2 is 1.67 bits per heavy atom. The molecule has 0 unspecified atom stereocenters. The molecule has 5 heteroatoms. The van der Waals surface area contributed by atoms with Crippen molar-refractivity contribution in [1.82, 2.24) is 4.98 Å². The molecule has 170 valence electrons. The number of aryl methyl sites for hydroxylation is 2. The van der Waals surface area contributed by atoms with Gasteiger partial charge in [0.15, 0.2) is 0 Å². The number of nitrogens with two attached hydrogens (primary N) is 1. The summed E-state index contributed by atoms with van der Waals surface area (Å²) in [5.41, 5.74) is 12.3. The second-order valence-electron chi connectivity index (χ2n) is 8.07. The number of anilines is 2. The molecule has 5 nitrogen and oxygen atoms in total. The van der Waals surface area contributed by atoms with Crippen LogP contribution in [0.1, 0.15) is 35.9 Å². The van der Waals surface area contributed by atoms with Gasteiger partial charge in [-0.05, 0) is 73.0 Å². The van der Waals surface area contributed by atoms with Crippen LogP contribution in [0.5, 0.6) is 5.75 Å². The Labute approximate surface area is 195 Å². The van der Waals surface area contributed by atoms with Crippen molar-refractivity contribution >= 4 is 11.4 Å². The average molecular weight is 442 g/mol. The van der Waals surface area contributed by atoms with Crippen LogP contribution in [0.2, 0.25) is 0 Å². The average Bonchev–Trinajstić information content (AvgIpc) is 3.21. The molecule has 4 aromatic rings. The normalized spacial score (nSPS) is 10.9. The van der Waals surface area contributed by atoms with Gasteiger partial charge in [-0.2, -0.15) is 0 Å². The molecule has 33 heavy (non-hydrogen) atoms. The van der Waals surface area contributed by atoms with Gasteiger partial charge in [0.25, 0.3) is 0 Å². The van der Waals surface area contributed by atoms with E-state index in [0.29, 0.717) is 25.5 Å². The minimum atomic E-state index is 0.526. The summed E-state index contributed by atoms with van der Waals surface area (Å²) in [7, 11) is 0. The number of ether oxygens (including phenoxy) is 1. The fourth-order valence-corrected chi connectivity index (χ4v) is 3.83. The summed E-state index contributed by atoms with van der Waals surface area (Å²) in [5.74, 6) is 2.29. The standard InChI is InChI=1S/C28H31N3O2/c1-3-7-21-12-15-26(18-23(21)19-29)32-17-16-27-20(2)33-28(31-27)22-10-13-25(14-11-22)30-24-8-5-4-6-9-24/h4-6,8-15,18,30H,3,7,16-17,19,29H2,1-2H3. The van der Waals surface area contributed by atoms with Gasteiger partial charge in [0.05, 0.1) is 12.3 Å². The molecule has 0 atom stereocenters. The summed E-state index contributed by atoms with van der Waals surface area (Å²) in [4.78, 5) is 4.71. The Hall–Kier alpha value is -3.57. The largest absolute Gasteiger partial charge is 0.493 e. The van der Waals surface area contributed by atoms with E-state index in [4.69, 9.17) is 19.9 Å². The molecule has 0 fully saturated rings. The highest BCUT2D eigenvalue weighted by Gasteiger charge is 2.12. The number of nitrogens with one attached hydrogen (secondary N) is 1. The smallest absolute Gasteiger partial charge is 0.226 e. The quantitative estimate of drug-likeness (QED) is 0.297. The van der Waals surface area contributed by atoms with Gasteiger partial charge in [0.2, 0.25) is 5.89 Å². The lowest BCUT2D eigenvalue weighted by Crippen LogP contribution is -2.05. The molecule has 0 amide bonds. The number of rotatable bonds is 10. The fraction of sp³-hybridized carbons (Fsp3) is 0.250. The van der Waals surface area contributed by atoms with Crippen LogP contribution in [0, 0.1) is 6.92 Å². The van der Waals surface area contributed by atoms with Gasteiger partial charge < -0.3 is 20.2 Å². The number of aromatic nitrogens is 1. The molecule has 0 radical (unpaired) electrons. The van der Waals surface area contributed by atoms with Crippen LogP contribution in [0.3, 0.4) is 0 Å². The van der Waals surface area contributed by atoms with Gasteiger partial charge in [0.1, 0.15) is 11.5 Å². The SMILES string of the molecule is CCCc1ccc(OCCc2nc(-c3ccc(Nc4ccccc4)cc3)oc2C)cc1CN. The van der Waals surface area contributed by atoms with Crippen LogP contribution < -0.4 is 15.8 Å². The van der Waals surface area contributed by atoms with E-state index >= 15 is 0 Å². The molecule has 0 saturated carbocycles. The van der Waals surface area contributed by atoms with E-state index in [1.807, 2.05) is 67.6 Å². The lowest BCUT2D eigenvalue weighted by molar-refractivity contribution is 0.319. The Kier molecular flexibility index (Phi) is 7.43. The molecule has 0 bridgehead atoms. The maximum absolute atomic E-state index is 5.98. The van der Waals surface area contributed by atoms with Crippen LogP contribution in [0.4, 0.5) is 11.4 Å². The first kappa shape index (κ1) is 22.6. The predicted octanol–water partition coefficient (Wildman–Crippen LogP) is 6.43. The van der Waals surface area contributed by atoms with Crippen LogP contribution in [0.15, 0.2) is 77.2 Å². The summed E-state index contributed by atoms with van der Waals surface area (Å²) < 4.78 is 11.9. The molecule has 3 N–H and O–H groups in total. The van der Waals surface area contributed by atoms with Gasteiger partial charge in [-0.15, -0.1) is 0 Å². The van der Waals surface area contributed by atoms with Crippen LogP contribution in [-0.2, 0) is 19.4 Å². The molecule has 0 aliphatic heterocycles. The summed E-state index contributed by atoms with van der Waals surface area (Å²) in [6.45, 7) is 5.18. The van der Waals surface area contributed by atoms with Crippen molar-refractivity contribution in [2.75, 3.05) is 11.9 Å². The molecule has 0 saturated heterocycles. The Bertz CT molecular complexity index is 1170. The highest BCUT2D eigenvalue weighted by Crippen LogP contribution is 2.25. The first-order valence-electron chi connectivity index (χ1n) is 11.5. The monoisotopic (exact) mass is 441 g/mol. The van der Waals surface area contributed by atoms with Crippen LogP contribution in [0.25, 0.3) is 11.5 Å². The summed E-state index contributed by atoms with van der Waals surface area (Å²) in [5, 5.41) is 3.39. The highest BCUT2D eigenvalue weighted by atomic mass is 16.5. The van der Waals surface area contributed by atoms with Crippen molar-refractivity contribution in [1.29, 1.82) is 0 Å². The van der Waals surface area contributed by atoms with Crippen molar-refractivity contribution in [3.05, 3.63) is 95.4 Å². The second kappa shape index (κ2) is 10.8. The van der Waals surface area contributed by atoms with Crippen molar-refractivity contribution in [3.63, 3.8) is 0 Å². The predicted molar refractivity (Wildman–Crippen MR) is 134 cm³/mol. The summed E-state index contributed by atoms with van der Waals surface area (Å²) in [6, 6.07) is 24.4. The van der Waals surface area contributed by atoms with E-state index in [1.54, 1.807) is 0 Å². The molecule has 0 aliphatic rings. The minimum absolute atomic E-state index is 0.526. The van der Waals surface area contributed by atoms with Crippen LogP contribution in [-0.4, -0.2) is 11.6 Å². The summed E-state index contributed by atoms with van der Waals surface area (Å²) >= 11 is 0. The van der Waals surface area contributed by atoms with Gasteiger partial charge in [-0.3, -0.25) is 0 Å². The molecular weight excluding hydrogens is 410 g/mol. The topological polar surface area (TPSA) is 73.3 Å². The number of oxazole rings is 1. The van der Waals surface area contributed by atoms with Gasteiger partial charge >= 0.3 is 0 Å². The third-order valence-corrected chi connectivity index (χ3v) is 5.61. The van der Waals surface area contributed by atoms with Crippen LogP contribution >= 0.6 is 0 Å². The van der Waals surface area contributed by atoms with Gasteiger partial charge in [-0.1, -0.05) is 37.6 Å². The Balaban J connectivity index is 1.36. The number of para-hydroxylation sites is 1. The summed E-state index contributed by atoms with van der Waals surface area (Å²) in [6.07, 6.45) is 2.82. The number of hydrogen-bond donors (Lipinski definition) is 2. The minimum Gasteiger partial charge on any atom is -0.493 e. The van der Waals surface area contributed by atoms with E-state index in [1.165, 1.54) is 5.56 Å². The third kappa shape index (κ3) is 5.82. The molecular formula is C28H31N3O2. The van der Waals surface area contributed by atoms with E-state index in [0.717, 1.165) is 52.5 Å². The lowest BCUT2D eigenvalue weighted by Gasteiger charge is -2.11. The molecule has 0 aliphatic carbocycles. The van der Waals surface area contributed by atoms with E-state index < -0.39 is 0 Å². The molecule has 4 rings (SSSR count). The number of benzene rings is 3. The molecule has 0 spiro atoms. The van der Waals surface area contributed by atoms with Gasteiger partial charge in [-0.25, -0.2) is 4.98 Å². The first-order valence-corrected chi connectivity index (χ1v) is 11.5. The Morgan fingerprint density at radius 3 is 2.39 bits per heavy atom. The van der Waals surface area contributed by atoms with E-state index in [-0.39, 0.29) is 0 Å². The molecule has 1 heterocycles. The Morgan fingerprint density at radius 1 is 0.909 bits per heavy atom. The maximum Gasteiger partial charge on any atom is 0.226 e. The maximum atomic E-state index is 5.98. The van der Waals surface area contributed by atoms with Crippen molar-refractivity contribution in [3.8, 4) is 17.2 Å². The second-order valence-corrected chi connectivity index (χ2v) is 8.07. The first-order chi connectivity index (χ1) is 16.2. The third-order valence-electron chi connectivity index (χ3n) is 5.61. The number of nitrogens with zero attached hydrogens (tertiary/aromatic N) is 1. The van der Waals surface area contributed by atoms with Crippen molar-refractivity contribution in [2.24, 2.45) is 5.73 Å². The zero-order valence-corrected chi connectivity index (χ0v) is 19.3. The highest BCUT2D eigenvalue weighted by molar-refractivity contribution is 5.64. The number of hydrogen-bond acceptors (Lipinski definition) is 5. The van der Waals surface area contributed by atoms with E-state index in [9.17, 15) is 0 Å². The lowest BCUT2D eigenvalue weighted by atomic mass is 10.0. The van der Waals surface area contributed by atoms with E-state index in [2.05, 4.69) is 24.4 Å². The fourth-order valence-electron chi connectivity index (χ4n) is 3.83. The zero-order chi connectivity index (χ0) is 23.0.